The SMILES string of the molecule is COCc1cccc(NCc2cccc([N+](=O)[O-])c2F)c1. The monoisotopic (exact) mass is 290 g/mol. The van der Waals surface area contributed by atoms with Crippen molar-refractivity contribution in [2.45, 2.75) is 13.2 Å². The largest absolute Gasteiger partial charge is 0.381 e. The minimum absolute atomic E-state index is 0.171. The summed E-state index contributed by atoms with van der Waals surface area (Å²) in [6.07, 6.45) is 0. The quantitative estimate of drug-likeness (QED) is 0.653. The van der Waals surface area contributed by atoms with Crippen LogP contribution in [0, 0.1) is 15.9 Å². The maximum atomic E-state index is 13.9. The first-order valence-corrected chi connectivity index (χ1v) is 6.35. The number of hydrogen-bond acceptors (Lipinski definition) is 4. The van der Waals surface area contributed by atoms with Gasteiger partial charge in [-0.3, -0.25) is 10.1 Å². The van der Waals surface area contributed by atoms with Gasteiger partial charge < -0.3 is 10.1 Å². The van der Waals surface area contributed by atoms with E-state index in [1.807, 2.05) is 24.3 Å². The van der Waals surface area contributed by atoms with Gasteiger partial charge >= 0.3 is 5.69 Å². The van der Waals surface area contributed by atoms with Gasteiger partial charge in [0, 0.05) is 31.0 Å². The zero-order chi connectivity index (χ0) is 15.2. The third kappa shape index (κ3) is 3.76. The summed E-state index contributed by atoms with van der Waals surface area (Å²) in [7, 11) is 1.61. The topological polar surface area (TPSA) is 64.4 Å². The summed E-state index contributed by atoms with van der Waals surface area (Å²) >= 11 is 0. The maximum Gasteiger partial charge on any atom is 0.305 e. The van der Waals surface area contributed by atoms with Gasteiger partial charge in [0.15, 0.2) is 0 Å². The van der Waals surface area contributed by atoms with Crippen LogP contribution in [0.1, 0.15) is 11.1 Å². The van der Waals surface area contributed by atoms with Gasteiger partial charge in [0.2, 0.25) is 5.82 Å². The number of nitro benzene ring substituents is 1. The first-order valence-electron chi connectivity index (χ1n) is 6.35. The molecule has 0 fully saturated rings. The molecule has 0 saturated heterocycles. The molecule has 0 bridgehead atoms. The highest BCUT2D eigenvalue weighted by Crippen LogP contribution is 2.21. The highest BCUT2D eigenvalue weighted by Gasteiger charge is 2.16. The highest BCUT2D eigenvalue weighted by molar-refractivity contribution is 5.47. The summed E-state index contributed by atoms with van der Waals surface area (Å²) < 4.78 is 19.0. The van der Waals surface area contributed by atoms with Gasteiger partial charge in [-0.05, 0) is 17.7 Å². The van der Waals surface area contributed by atoms with Crippen molar-refractivity contribution in [1.82, 2.24) is 0 Å². The first-order chi connectivity index (χ1) is 10.1. The van der Waals surface area contributed by atoms with Crippen molar-refractivity contribution in [2.24, 2.45) is 0 Å². The van der Waals surface area contributed by atoms with E-state index in [1.54, 1.807) is 7.11 Å². The molecule has 2 rings (SSSR count). The van der Waals surface area contributed by atoms with Crippen molar-refractivity contribution in [3.63, 3.8) is 0 Å². The van der Waals surface area contributed by atoms with E-state index in [1.165, 1.54) is 12.1 Å². The standard InChI is InChI=1S/C15H15FN2O3/c1-21-10-11-4-2-6-13(8-11)17-9-12-5-3-7-14(15(12)16)18(19)20/h2-8,17H,9-10H2,1H3. The Labute approximate surface area is 121 Å². The molecule has 0 saturated carbocycles. The van der Waals surface area contributed by atoms with Crippen LogP contribution in [-0.2, 0) is 17.9 Å². The van der Waals surface area contributed by atoms with Crippen LogP contribution in [-0.4, -0.2) is 12.0 Å². The van der Waals surface area contributed by atoms with Gasteiger partial charge in [-0.25, -0.2) is 0 Å². The molecule has 0 aliphatic heterocycles. The second-order valence-corrected chi connectivity index (χ2v) is 4.49. The number of nitro groups is 1. The van der Waals surface area contributed by atoms with Crippen LogP contribution in [0.5, 0.6) is 0 Å². The number of methoxy groups -OCH3 is 1. The Balaban J connectivity index is 2.11. The highest BCUT2D eigenvalue weighted by atomic mass is 19.1. The van der Waals surface area contributed by atoms with Crippen molar-refractivity contribution in [2.75, 3.05) is 12.4 Å². The molecule has 0 amide bonds. The number of rotatable bonds is 6. The van der Waals surface area contributed by atoms with Crippen LogP contribution in [0.4, 0.5) is 15.8 Å². The number of ether oxygens (including phenoxy) is 1. The average molecular weight is 290 g/mol. The van der Waals surface area contributed by atoms with E-state index in [-0.39, 0.29) is 12.1 Å². The molecule has 0 aliphatic carbocycles. The normalized spacial score (nSPS) is 10.4. The van der Waals surface area contributed by atoms with Crippen LogP contribution < -0.4 is 5.32 Å². The van der Waals surface area contributed by atoms with E-state index in [9.17, 15) is 14.5 Å². The lowest BCUT2D eigenvalue weighted by molar-refractivity contribution is -0.387. The molecule has 0 heterocycles. The molecular weight excluding hydrogens is 275 g/mol. The van der Waals surface area contributed by atoms with E-state index in [4.69, 9.17) is 4.74 Å². The van der Waals surface area contributed by atoms with Crippen molar-refractivity contribution in [3.8, 4) is 0 Å². The smallest absolute Gasteiger partial charge is 0.305 e. The molecule has 0 spiro atoms. The first kappa shape index (κ1) is 14.9. The number of hydrogen-bond donors (Lipinski definition) is 1. The average Bonchev–Trinajstić information content (AvgIpc) is 2.46. The lowest BCUT2D eigenvalue weighted by Crippen LogP contribution is -2.04. The Morgan fingerprint density at radius 3 is 2.76 bits per heavy atom. The van der Waals surface area contributed by atoms with Gasteiger partial charge in [-0.1, -0.05) is 24.3 Å². The Morgan fingerprint density at radius 2 is 2.05 bits per heavy atom. The van der Waals surface area contributed by atoms with Gasteiger partial charge in [-0.2, -0.15) is 4.39 Å². The van der Waals surface area contributed by atoms with Crippen LogP contribution >= 0.6 is 0 Å². The summed E-state index contributed by atoms with van der Waals surface area (Å²) in [5.41, 5.74) is 1.53. The third-order valence-electron chi connectivity index (χ3n) is 2.98. The molecule has 0 aliphatic rings. The number of halogens is 1. The summed E-state index contributed by atoms with van der Waals surface area (Å²) in [6.45, 7) is 0.657. The van der Waals surface area contributed by atoms with Crippen LogP contribution in [0.15, 0.2) is 42.5 Å². The lowest BCUT2D eigenvalue weighted by Gasteiger charge is -2.09. The molecule has 2 aromatic carbocycles. The van der Waals surface area contributed by atoms with Crippen LogP contribution in [0.3, 0.4) is 0 Å². The fourth-order valence-corrected chi connectivity index (χ4v) is 1.98. The van der Waals surface area contributed by atoms with E-state index >= 15 is 0 Å². The molecule has 1 N–H and O–H groups in total. The second kappa shape index (κ2) is 6.81. The molecule has 0 atom stereocenters. The van der Waals surface area contributed by atoms with E-state index in [2.05, 4.69) is 5.32 Å². The molecule has 0 unspecified atom stereocenters. The number of nitrogens with one attached hydrogen (secondary N) is 1. The molecule has 2 aromatic rings. The summed E-state index contributed by atoms with van der Waals surface area (Å²) in [6, 6.07) is 11.7. The molecule has 6 heteroatoms. The molecule has 110 valence electrons. The summed E-state index contributed by atoms with van der Waals surface area (Å²) in [5, 5.41) is 13.7. The van der Waals surface area contributed by atoms with Crippen LogP contribution in [0.2, 0.25) is 0 Å². The van der Waals surface area contributed by atoms with E-state index < -0.39 is 16.4 Å². The van der Waals surface area contributed by atoms with Crippen LogP contribution in [0.25, 0.3) is 0 Å². The fraction of sp³-hybridized carbons (Fsp3) is 0.200. The second-order valence-electron chi connectivity index (χ2n) is 4.49. The van der Waals surface area contributed by atoms with E-state index in [0.717, 1.165) is 17.3 Å². The van der Waals surface area contributed by atoms with Gasteiger partial charge in [0.1, 0.15) is 0 Å². The fourth-order valence-electron chi connectivity index (χ4n) is 1.98. The van der Waals surface area contributed by atoms with Gasteiger partial charge in [0.05, 0.1) is 11.5 Å². The minimum atomic E-state index is -0.803. The van der Waals surface area contributed by atoms with Gasteiger partial charge in [0.25, 0.3) is 0 Å². The van der Waals surface area contributed by atoms with Gasteiger partial charge in [-0.15, -0.1) is 0 Å². The predicted octanol–water partition coefficient (Wildman–Crippen LogP) is 3.49. The summed E-state index contributed by atoms with van der Waals surface area (Å²) in [5.74, 6) is -0.803. The Morgan fingerprint density at radius 1 is 1.29 bits per heavy atom. The van der Waals surface area contributed by atoms with E-state index in [0.29, 0.717) is 6.61 Å². The predicted molar refractivity (Wildman–Crippen MR) is 77.5 cm³/mol. The van der Waals surface area contributed by atoms with Crippen molar-refractivity contribution in [3.05, 3.63) is 69.5 Å². The number of benzene rings is 2. The number of anilines is 1. The Hall–Kier alpha value is -2.47. The van der Waals surface area contributed by atoms with Crippen molar-refractivity contribution < 1.29 is 14.1 Å². The minimum Gasteiger partial charge on any atom is -0.381 e. The van der Waals surface area contributed by atoms with Crippen molar-refractivity contribution in [1.29, 1.82) is 0 Å². The zero-order valence-electron chi connectivity index (χ0n) is 11.5. The Kier molecular flexibility index (Phi) is 4.84. The molecule has 0 aromatic heterocycles. The third-order valence-corrected chi connectivity index (χ3v) is 2.98. The summed E-state index contributed by atoms with van der Waals surface area (Å²) in [4.78, 5) is 9.97. The maximum absolute atomic E-state index is 13.9. The Bertz CT molecular complexity index is 647. The molecular formula is C15H15FN2O3. The molecule has 21 heavy (non-hydrogen) atoms. The van der Waals surface area contributed by atoms with Crippen molar-refractivity contribution >= 4 is 11.4 Å². The molecule has 5 nitrogen and oxygen atoms in total. The number of nitrogens with zero attached hydrogens (tertiary/aromatic N) is 1. The lowest BCUT2D eigenvalue weighted by atomic mass is 10.1. The molecule has 0 radical (unpaired) electrons. The zero-order valence-corrected chi connectivity index (χ0v) is 11.5.